The van der Waals surface area contributed by atoms with Gasteiger partial charge in [-0.1, -0.05) is 0 Å². The standard InChI is InChI=1S/C13H15BrN2O/c1-8-9(2)11(17-4)6-5-10(8)12-13(14)16(3)7-15-12/h5-7H,1-4H3. The first-order valence-electron chi connectivity index (χ1n) is 5.37. The Hall–Kier alpha value is -1.29. The minimum atomic E-state index is 0.915. The summed E-state index contributed by atoms with van der Waals surface area (Å²) in [6.07, 6.45) is 1.80. The Labute approximate surface area is 110 Å². The Morgan fingerprint density at radius 3 is 2.47 bits per heavy atom. The fourth-order valence-electron chi connectivity index (χ4n) is 1.87. The Bertz CT molecular complexity index is 561. The molecule has 0 aliphatic heterocycles. The van der Waals surface area contributed by atoms with E-state index in [-0.39, 0.29) is 0 Å². The van der Waals surface area contributed by atoms with Gasteiger partial charge in [0.15, 0.2) is 0 Å². The summed E-state index contributed by atoms with van der Waals surface area (Å²) >= 11 is 3.55. The maximum atomic E-state index is 5.31. The predicted octanol–water partition coefficient (Wildman–Crippen LogP) is 3.48. The molecule has 0 atom stereocenters. The summed E-state index contributed by atoms with van der Waals surface area (Å²) < 4.78 is 8.26. The van der Waals surface area contributed by atoms with Crippen LogP contribution < -0.4 is 4.74 Å². The molecule has 0 bridgehead atoms. The lowest BCUT2D eigenvalue weighted by Crippen LogP contribution is -1.94. The van der Waals surface area contributed by atoms with Gasteiger partial charge >= 0.3 is 0 Å². The molecule has 0 radical (unpaired) electrons. The third-order valence-electron chi connectivity index (χ3n) is 3.08. The first-order valence-corrected chi connectivity index (χ1v) is 6.17. The van der Waals surface area contributed by atoms with Crippen LogP contribution in [-0.2, 0) is 7.05 Å². The number of methoxy groups -OCH3 is 1. The van der Waals surface area contributed by atoms with Crippen LogP contribution in [0.5, 0.6) is 5.75 Å². The van der Waals surface area contributed by atoms with Gasteiger partial charge in [0, 0.05) is 12.6 Å². The lowest BCUT2D eigenvalue weighted by atomic mass is 10.0. The van der Waals surface area contributed by atoms with Crippen LogP contribution in [-0.4, -0.2) is 16.7 Å². The number of aromatic nitrogens is 2. The number of hydrogen-bond acceptors (Lipinski definition) is 2. The predicted molar refractivity (Wildman–Crippen MR) is 72.4 cm³/mol. The third-order valence-corrected chi connectivity index (χ3v) is 4.01. The molecule has 0 fully saturated rings. The lowest BCUT2D eigenvalue weighted by Gasteiger charge is -2.11. The Morgan fingerprint density at radius 2 is 1.94 bits per heavy atom. The summed E-state index contributed by atoms with van der Waals surface area (Å²) in [5.74, 6) is 0.915. The van der Waals surface area contributed by atoms with Crippen molar-refractivity contribution in [2.24, 2.45) is 7.05 Å². The van der Waals surface area contributed by atoms with Gasteiger partial charge in [0.25, 0.3) is 0 Å². The van der Waals surface area contributed by atoms with Crippen molar-refractivity contribution < 1.29 is 4.74 Å². The molecule has 1 aromatic carbocycles. The second-order valence-electron chi connectivity index (χ2n) is 4.06. The minimum Gasteiger partial charge on any atom is -0.496 e. The van der Waals surface area contributed by atoms with Crippen LogP contribution in [0.15, 0.2) is 23.1 Å². The summed E-state index contributed by atoms with van der Waals surface area (Å²) in [6.45, 7) is 4.16. The third kappa shape index (κ3) is 1.97. The van der Waals surface area contributed by atoms with Gasteiger partial charge < -0.3 is 9.30 Å². The van der Waals surface area contributed by atoms with Gasteiger partial charge in [-0.05, 0) is 53.0 Å². The van der Waals surface area contributed by atoms with Crippen molar-refractivity contribution in [3.8, 4) is 17.0 Å². The van der Waals surface area contributed by atoms with E-state index in [0.29, 0.717) is 0 Å². The molecule has 0 aliphatic rings. The van der Waals surface area contributed by atoms with E-state index in [0.717, 1.165) is 27.2 Å². The molecule has 1 aromatic heterocycles. The molecule has 17 heavy (non-hydrogen) atoms. The number of benzene rings is 1. The van der Waals surface area contributed by atoms with Crippen LogP contribution in [0, 0.1) is 13.8 Å². The first kappa shape index (κ1) is 12.2. The van der Waals surface area contributed by atoms with Crippen LogP contribution in [0.4, 0.5) is 0 Å². The van der Waals surface area contributed by atoms with E-state index in [1.54, 1.807) is 13.4 Å². The molecule has 1 heterocycles. The number of ether oxygens (including phenoxy) is 1. The van der Waals surface area contributed by atoms with E-state index in [2.05, 4.69) is 34.8 Å². The van der Waals surface area contributed by atoms with Gasteiger partial charge in [-0.3, -0.25) is 0 Å². The van der Waals surface area contributed by atoms with Crippen molar-refractivity contribution in [2.75, 3.05) is 7.11 Å². The van der Waals surface area contributed by atoms with Crippen LogP contribution >= 0.6 is 15.9 Å². The molecule has 0 spiro atoms. The molecule has 0 amide bonds. The molecule has 2 aromatic rings. The van der Waals surface area contributed by atoms with E-state index < -0.39 is 0 Å². The van der Waals surface area contributed by atoms with E-state index in [4.69, 9.17) is 4.74 Å². The van der Waals surface area contributed by atoms with Gasteiger partial charge in [0.05, 0.1) is 13.4 Å². The highest BCUT2D eigenvalue weighted by Crippen LogP contribution is 2.33. The molecule has 0 N–H and O–H groups in total. The Balaban J connectivity index is 2.61. The highest BCUT2D eigenvalue weighted by atomic mass is 79.9. The first-order chi connectivity index (χ1) is 8.06. The van der Waals surface area contributed by atoms with E-state index >= 15 is 0 Å². The molecule has 90 valence electrons. The van der Waals surface area contributed by atoms with Crippen molar-refractivity contribution in [3.63, 3.8) is 0 Å². The van der Waals surface area contributed by atoms with Crippen molar-refractivity contribution in [2.45, 2.75) is 13.8 Å². The number of imidazole rings is 1. The highest BCUT2D eigenvalue weighted by Gasteiger charge is 2.13. The average Bonchev–Trinajstić information content (AvgIpc) is 2.64. The molecule has 4 heteroatoms. The van der Waals surface area contributed by atoms with Crippen LogP contribution in [0.3, 0.4) is 0 Å². The average molecular weight is 295 g/mol. The van der Waals surface area contributed by atoms with Crippen molar-refractivity contribution >= 4 is 15.9 Å². The van der Waals surface area contributed by atoms with E-state index in [9.17, 15) is 0 Å². The quantitative estimate of drug-likeness (QED) is 0.848. The van der Waals surface area contributed by atoms with Gasteiger partial charge in [0.1, 0.15) is 16.0 Å². The number of hydrogen-bond donors (Lipinski definition) is 0. The van der Waals surface area contributed by atoms with Crippen molar-refractivity contribution in [1.82, 2.24) is 9.55 Å². The smallest absolute Gasteiger partial charge is 0.122 e. The minimum absolute atomic E-state index is 0.915. The van der Waals surface area contributed by atoms with Crippen molar-refractivity contribution in [1.29, 1.82) is 0 Å². The fourth-order valence-corrected chi connectivity index (χ4v) is 2.28. The lowest BCUT2D eigenvalue weighted by molar-refractivity contribution is 0.411. The number of halogens is 1. The molecule has 0 unspecified atom stereocenters. The SMILES string of the molecule is COc1ccc(-c2ncn(C)c2Br)c(C)c1C. The zero-order valence-corrected chi connectivity index (χ0v) is 12.0. The van der Waals surface area contributed by atoms with Crippen LogP contribution in [0.25, 0.3) is 11.3 Å². The largest absolute Gasteiger partial charge is 0.496 e. The molecular formula is C13H15BrN2O. The monoisotopic (exact) mass is 294 g/mol. The van der Waals surface area contributed by atoms with Gasteiger partial charge in [0.2, 0.25) is 0 Å². The second kappa shape index (κ2) is 4.53. The van der Waals surface area contributed by atoms with Crippen molar-refractivity contribution in [3.05, 3.63) is 34.2 Å². The van der Waals surface area contributed by atoms with Crippen LogP contribution in [0.1, 0.15) is 11.1 Å². The summed E-state index contributed by atoms with van der Waals surface area (Å²) in [5.41, 5.74) is 4.46. The van der Waals surface area contributed by atoms with Gasteiger partial charge in [-0.15, -0.1) is 0 Å². The van der Waals surface area contributed by atoms with E-state index in [1.165, 1.54) is 5.56 Å². The normalized spacial score (nSPS) is 10.6. The molecule has 3 nitrogen and oxygen atoms in total. The van der Waals surface area contributed by atoms with Gasteiger partial charge in [-0.25, -0.2) is 4.98 Å². The molecule has 2 rings (SSSR count). The summed E-state index contributed by atoms with van der Waals surface area (Å²) in [4.78, 5) is 4.42. The second-order valence-corrected chi connectivity index (χ2v) is 4.81. The summed E-state index contributed by atoms with van der Waals surface area (Å²) in [7, 11) is 3.66. The zero-order chi connectivity index (χ0) is 12.6. The summed E-state index contributed by atoms with van der Waals surface area (Å²) in [6, 6.07) is 4.03. The Morgan fingerprint density at radius 1 is 1.24 bits per heavy atom. The Kier molecular flexibility index (Phi) is 3.24. The van der Waals surface area contributed by atoms with Gasteiger partial charge in [-0.2, -0.15) is 0 Å². The highest BCUT2D eigenvalue weighted by molar-refractivity contribution is 9.10. The maximum Gasteiger partial charge on any atom is 0.122 e. The molecular weight excluding hydrogens is 280 g/mol. The summed E-state index contributed by atoms with van der Waals surface area (Å²) in [5, 5.41) is 0. The zero-order valence-electron chi connectivity index (χ0n) is 10.4. The number of rotatable bonds is 2. The number of nitrogens with zero attached hydrogens (tertiary/aromatic N) is 2. The van der Waals surface area contributed by atoms with Crippen LogP contribution in [0.2, 0.25) is 0 Å². The van der Waals surface area contributed by atoms with E-state index in [1.807, 2.05) is 23.7 Å². The maximum absolute atomic E-state index is 5.31. The number of aryl methyl sites for hydroxylation is 1. The topological polar surface area (TPSA) is 27.1 Å². The molecule has 0 saturated heterocycles. The molecule has 0 aliphatic carbocycles. The fraction of sp³-hybridized carbons (Fsp3) is 0.308. The molecule has 0 saturated carbocycles.